The summed E-state index contributed by atoms with van der Waals surface area (Å²) in [4.78, 5) is 70.1. The molecule has 2 fully saturated rings. The average Bonchev–Trinajstić information content (AvgIpc) is 3.99. The molecule has 3 aromatic carbocycles. The van der Waals surface area contributed by atoms with Crippen LogP contribution in [0.1, 0.15) is 83.2 Å². The summed E-state index contributed by atoms with van der Waals surface area (Å²) in [5.74, 6) is 1.54. The number of benzene rings is 3. The highest BCUT2D eigenvalue weighted by Crippen LogP contribution is 2.42. The van der Waals surface area contributed by atoms with Crippen molar-refractivity contribution >= 4 is 35.0 Å². The van der Waals surface area contributed by atoms with Crippen molar-refractivity contribution < 1.29 is 33.4 Å². The summed E-state index contributed by atoms with van der Waals surface area (Å²) >= 11 is 0. The zero-order chi connectivity index (χ0) is 43.0. The van der Waals surface area contributed by atoms with E-state index in [1.807, 2.05) is 38.7 Å². The number of nitrogens with zero attached hydrogens (tertiary/aromatic N) is 3. The van der Waals surface area contributed by atoms with Gasteiger partial charge in [-0.1, -0.05) is 64.1 Å². The number of carbonyl (C=O) groups is 4. The number of hydrogen-bond acceptors (Lipinski definition) is 9. The Morgan fingerprint density at radius 3 is 2.08 bits per heavy atom. The van der Waals surface area contributed by atoms with Crippen molar-refractivity contribution in [3.63, 3.8) is 0 Å². The summed E-state index contributed by atoms with van der Waals surface area (Å²) < 4.78 is 15.8. The second-order valence-corrected chi connectivity index (χ2v) is 17.0. The summed E-state index contributed by atoms with van der Waals surface area (Å²) in [5, 5.41) is 8.58. The number of ether oxygens (including phenoxy) is 3. The fraction of sp³-hybridized carbons (Fsp3) is 0.435. The minimum absolute atomic E-state index is 0.117. The van der Waals surface area contributed by atoms with Gasteiger partial charge < -0.3 is 45.0 Å². The lowest BCUT2D eigenvalue weighted by Gasteiger charge is -2.42. The molecule has 2 aromatic heterocycles. The normalized spacial score (nSPS) is 17.6. The maximum Gasteiger partial charge on any atom is 0.407 e. The molecule has 5 aromatic rings. The summed E-state index contributed by atoms with van der Waals surface area (Å²) in [6, 6.07) is 19.1. The van der Waals surface area contributed by atoms with Gasteiger partial charge in [-0.3, -0.25) is 9.59 Å². The van der Waals surface area contributed by atoms with E-state index in [2.05, 4.69) is 80.5 Å². The Morgan fingerprint density at radius 1 is 0.803 bits per heavy atom. The molecule has 3 atom stereocenters. The number of methoxy groups -OCH3 is 2. The summed E-state index contributed by atoms with van der Waals surface area (Å²) in [7, 11) is 2.58. The second kappa shape index (κ2) is 16.9. The zero-order valence-electron chi connectivity index (χ0n) is 35.5. The number of fused-ring (bicyclic) bond motifs is 4. The molecule has 1 unspecified atom stereocenters. The van der Waals surface area contributed by atoms with E-state index in [9.17, 15) is 19.2 Å². The third kappa shape index (κ3) is 8.12. The van der Waals surface area contributed by atoms with Gasteiger partial charge in [0.15, 0.2) is 0 Å². The van der Waals surface area contributed by atoms with Gasteiger partial charge in [0.1, 0.15) is 29.5 Å². The molecule has 320 valence electrons. The Bertz CT molecular complexity index is 2450. The molecule has 8 rings (SSSR count). The lowest BCUT2D eigenvalue weighted by molar-refractivity contribution is -0.135. The van der Waals surface area contributed by atoms with E-state index in [4.69, 9.17) is 24.2 Å². The van der Waals surface area contributed by atoms with Crippen LogP contribution in [0.2, 0.25) is 0 Å². The highest BCUT2D eigenvalue weighted by atomic mass is 16.5. The van der Waals surface area contributed by atoms with Gasteiger partial charge in [0.2, 0.25) is 11.8 Å². The van der Waals surface area contributed by atoms with Gasteiger partial charge >= 0.3 is 12.2 Å². The zero-order valence-corrected chi connectivity index (χ0v) is 35.5. The number of H-pyrrole nitrogens is 2. The first-order chi connectivity index (χ1) is 29.4. The van der Waals surface area contributed by atoms with E-state index in [0.29, 0.717) is 25.4 Å². The van der Waals surface area contributed by atoms with Gasteiger partial charge in [0.25, 0.3) is 0 Å². The van der Waals surface area contributed by atoms with Crippen LogP contribution in [-0.4, -0.2) is 88.3 Å². The Morgan fingerprint density at radius 2 is 1.44 bits per heavy atom. The Balaban J connectivity index is 0.985. The van der Waals surface area contributed by atoms with Crippen molar-refractivity contribution in [3.8, 4) is 39.3 Å². The number of likely N-dealkylation sites (tertiary alicyclic amines) is 1. The van der Waals surface area contributed by atoms with E-state index in [-0.39, 0.29) is 29.7 Å². The van der Waals surface area contributed by atoms with Crippen LogP contribution in [0.5, 0.6) is 5.75 Å². The molecular formula is C46H54N8O7. The lowest BCUT2D eigenvalue weighted by Crippen LogP contribution is -2.58. The molecule has 0 radical (unpaired) electrons. The van der Waals surface area contributed by atoms with Crippen LogP contribution in [0.4, 0.5) is 9.59 Å². The smallest absolute Gasteiger partial charge is 0.407 e. The molecule has 3 aliphatic rings. The monoisotopic (exact) mass is 830 g/mol. The van der Waals surface area contributed by atoms with E-state index >= 15 is 0 Å². The molecule has 15 heteroatoms. The molecule has 1 saturated carbocycles. The third-order valence-corrected chi connectivity index (χ3v) is 12.4. The molecule has 4 amide bonds. The first kappa shape index (κ1) is 41.4. The van der Waals surface area contributed by atoms with Crippen LogP contribution in [0, 0.1) is 11.8 Å². The first-order valence-electron chi connectivity index (χ1n) is 21.2. The fourth-order valence-electron chi connectivity index (χ4n) is 8.72. The van der Waals surface area contributed by atoms with E-state index < -0.39 is 29.8 Å². The molecule has 15 nitrogen and oxygen atoms in total. The third-order valence-electron chi connectivity index (χ3n) is 12.4. The lowest BCUT2D eigenvalue weighted by atomic mass is 9.75. The number of nitrogens with one attached hydrogen (secondary N) is 5. The van der Waals surface area contributed by atoms with Gasteiger partial charge in [0, 0.05) is 24.2 Å². The Kier molecular flexibility index (Phi) is 11.5. The van der Waals surface area contributed by atoms with Crippen LogP contribution in [-0.2, 0) is 31.0 Å². The number of rotatable bonds is 11. The van der Waals surface area contributed by atoms with E-state index in [0.717, 1.165) is 93.9 Å². The van der Waals surface area contributed by atoms with Crippen LogP contribution >= 0.6 is 0 Å². The number of aromatic amines is 2. The number of amides is 4. The SMILES string of the molecule is COC(=O)NC(C(=O)NC1(c2nc3ccc(-c4ccc(-c5ccc6c(c5)OCCc5[nH]c([C@@H]7CCCN7C(=O)[C@@H](NC(=O)OC)C(C)C)nc5-6)cc4)cc3[nH]2)CCC1)C(C)C. The van der Waals surface area contributed by atoms with Crippen molar-refractivity contribution in [3.05, 3.63) is 78.0 Å². The number of alkyl carbamates (subject to hydrolysis) is 2. The van der Waals surface area contributed by atoms with Crippen molar-refractivity contribution in [1.82, 2.24) is 40.8 Å². The minimum Gasteiger partial charge on any atom is -0.492 e. The maximum absolute atomic E-state index is 13.7. The van der Waals surface area contributed by atoms with Crippen molar-refractivity contribution in [2.45, 2.75) is 89.9 Å². The average molecular weight is 831 g/mol. The molecule has 2 aliphatic heterocycles. The van der Waals surface area contributed by atoms with Gasteiger partial charge in [-0.05, 0) is 90.5 Å². The Hall–Kier alpha value is -6.38. The molecule has 0 spiro atoms. The molecule has 0 bridgehead atoms. The first-order valence-corrected chi connectivity index (χ1v) is 21.2. The fourth-order valence-corrected chi connectivity index (χ4v) is 8.72. The predicted octanol–water partition coefficient (Wildman–Crippen LogP) is 7.14. The summed E-state index contributed by atoms with van der Waals surface area (Å²) in [6.45, 7) is 8.64. The van der Waals surface area contributed by atoms with Crippen molar-refractivity contribution in [2.24, 2.45) is 11.8 Å². The number of aromatic nitrogens is 4. The van der Waals surface area contributed by atoms with Crippen LogP contribution in [0.25, 0.3) is 44.5 Å². The van der Waals surface area contributed by atoms with Crippen molar-refractivity contribution in [1.29, 1.82) is 0 Å². The summed E-state index contributed by atoms with van der Waals surface area (Å²) in [5.41, 5.74) is 7.86. The minimum atomic E-state index is -0.740. The van der Waals surface area contributed by atoms with E-state index in [1.165, 1.54) is 14.2 Å². The van der Waals surface area contributed by atoms with Gasteiger partial charge in [-0.2, -0.15) is 0 Å². The molecule has 1 saturated heterocycles. The standard InChI is InChI=1S/C46H54N8O7/c1-25(2)37(51-44(57)59-5)41(55)53-46(19-8-20-46)43-48-32-17-15-29(23-34(32)49-43)27-10-12-28(13-11-27)30-14-16-31-36(24-30)61-22-18-33-39(31)50-40(47-33)35-9-7-21-54(35)42(56)38(26(3)4)52-45(58)60-6/h10-17,23-26,35,37-38H,7-9,18-22H2,1-6H3,(H,47,50)(H,48,49)(H,51,57)(H,52,58)(H,53,55)/t35-,37?,38-/m0/s1. The van der Waals surface area contributed by atoms with E-state index in [1.54, 1.807) is 0 Å². The highest BCUT2D eigenvalue weighted by molar-refractivity contribution is 5.88. The summed E-state index contributed by atoms with van der Waals surface area (Å²) in [6.07, 6.45) is 3.42. The maximum atomic E-state index is 13.7. The molecule has 61 heavy (non-hydrogen) atoms. The van der Waals surface area contributed by atoms with Gasteiger partial charge in [0.05, 0.1) is 49.1 Å². The molecule has 5 N–H and O–H groups in total. The van der Waals surface area contributed by atoms with Crippen LogP contribution < -0.4 is 20.7 Å². The number of hydrogen-bond donors (Lipinski definition) is 5. The van der Waals surface area contributed by atoms with Crippen LogP contribution in [0.3, 0.4) is 0 Å². The second-order valence-electron chi connectivity index (χ2n) is 17.0. The largest absolute Gasteiger partial charge is 0.492 e. The number of carbonyl (C=O) groups excluding carboxylic acids is 4. The van der Waals surface area contributed by atoms with Crippen molar-refractivity contribution in [2.75, 3.05) is 27.4 Å². The topological polar surface area (TPSA) is 193 Å². The Labute approximate surface area is 354 Å². The van der Waals surface area contributed by atoms with Gasteiger partial charge in [-0.15, -0.1) is 0 Å². The quantitative estimate of drug-likeness (QED) is 0.0920. The van der Waals surface area contributed by atoms with Crippen LogP contribution in [0.15, 0.2) is 60.7 Å². The molecular weight excluding hydrogens is 777 g/mol. The van der Waals surface area contributed by atoms with Gasteiger partial charge in [-0.25, -0.2) is 19.6 Å². The predicted molar refractivity (Wildman–Crippen MR) is 229 cm³/mol. The molecule has 1 aliphatic carbocycles. The molecule has 4 heterocycles. The number of imidazole rings is 2. The highest BCUT2D eigenvalue weighted by Gasteiger charge is 2.44.